The van der Waals surface area contributed by atoms with Gasteiger partial charge in [0.1, 0.15) is 6.04 Å². The Morgan fingerprint density at radius 2 is 1.93 bits per heavy atom. The van der Waals surface area contributed by atoms with Crippen molar-refractivity contribution in [2.45, 2.75) is 39.3 Å². The van der Waals surface area contributed by atoms with Crippen molar-refractivity contribution in [1.82, 2.24) is 20.1 Å². The van der Waals surface area contributed by atoms with E-state index in [-0.39, 0.29) is 12.5 Å². The smallest absolute Gasteiger partial charge is 0.326 e. The first-order valence-corrected chi connectivity index (χ1v) is 8.79. The van der Waals surface area contributed by atoms with Gasteiger partial charge < -0.3 is 10.4 Å². The number of aromatic nitrogens is 3. The normalized spacial score (nSPS) is 12.3. The molecule has 3 aromatic rings. The average Bonchev–Trinajstić information content (AvgIpc) is 3.05. The minimum atomic E-state index is -1.08. The highest BCUT2D eigenvalue weighted by atomic mass is 16.4. The number of carboxylic acid groups (broad SMARTS) is 1. The summed E-state index contributed by atoms with van der Waals surface area (Å²) in [5.41, 5.74) is 2.51. The molecule has 2 heterocycles. The average molecular weight is 366 g/mol. The molecule has 3 rings (SSSR count). The van der Waals surface area contributed by atoms with Gasteiger partial charge in [-0.3, -0.25) is 4.79 Å². The molecule has 0 bridgehead atoms. The summed E-state index contributed by atoms with van der Waals surface area (Å²) in [5, 5.41) is 17.1. The van der Waals surface area contributed by atoms with Crippen LogP contribution in [0.1, 0.15) is 41.5 Å². The Balaban J connectivity index is 1.91. The summed E-state index contributed by atoms with van der Waals surface area (Å²) in [7, 11) is 0. The lowest BCUT2D eigenvalue weighted by Gasteiger charge is -2.15. The molecule has 7 nitrogen and oxygen atoms in total. The second kappa shape index (κ2) is 7.57. The first-order chi connectivity index (χ1) is 12.9. The molecule has 0 aliphatic heterocycles. The predicted octanol–water partition coefficient (Wildman–Crippen LogP) is 2.75. The van der Waals surface area contributed by atoms with Crippen molar-refractivity contribution in [2.24, 2.45) is 0 Å². The zero-order valence-corrected chi connectivity index (χ0v) is 15.5. The third kappa shape index (κ3) is 3.97. The largest absolute Gasteiger partial charge is 0.480 e. The van der Waals surface area contributed by atoms with E-state index in [2.05, 4.69) is 15.4 Å². The summed E-state index contributed by atoms with van der Waals surface area (Å²) in [5.74, 6) is -1.52. The van der Waals surface area contributed by atoms with E-state index in [1.165, 1.54) is 0 Å². The molecule has 0 unspecified atom stereocenters. The number of benzene rings is 1. The quantitative estimate of drug-likeness (QED) is 0.699. The van der Waals surface area contributed by atoms with Crippen LogP contribution in [0.4, 0.5) is 0 Å². The summed E-state index contributed by atoms with van der Waals surface area (Å²) >= 11 is 0. The molecule has 1 amide bonds. The molecular weight excluding hydrogens is 344 g/mol. The number of aliphatic carboxylic acids is 1. The number of fused-ring (bicyclic) bond motifs is 1. The van der Waals surface area contributed by atoms with Gasteiger partial charge in [0.15, 0.2) is 5.65 Å². The lowest BCUT2D eigenvalue weighted by atomic mass is 10.0. The SMILES string of the molecule is Cc1cc(C(=O)N[C@@H](Cc2ccccc2)C(=O)O)c2cnn(C(C)C)c2n1. The van der Waals surface area contributed by atoms with E-state index >= 15 is 0 Å². The molecule has 0 fully saturated rings. The van der Waals surface area contributed by atoms with Crippen LogP contribution in [0.15, 0.2) is 42.6 Å². The summed E-state index contributed by atoms with van der Waals surface area (Å²) in [4.78, 5) is 29.0. The second-order valence-electron chi connectivity index (χ2n) is 6.79. The monoisotopic (exact) mass is 366 g/mol. The van der Waals surface area contributed by atoms with Gasteiger partial charge in [0.2, 0.25) is 0 Å². The first-order valence-electron chi connectivity index (χ1n) is 8.79. The number of nitrogens with one attached hydrogen (secondary N) is 1. The van der Waals surface area contributed by atoms with Crippen LogP contribution in [0.5, 0.6) is 0 Å². The van der Waals surface area contributed by atoms with E-state index in [0.29, 0.717) is 22.3 Å². The van der Waals surface area contributed by atoms with E-state index in [1.807, 2.05) is 44.2 Å². The number of pyridine rings is 1. The van der Waals surface area contributed by atoms with E-state index < -0.39 is 17.9 Å². The Kier molecular flexibility index (Phi) is 5.21. The van der Waals surface area contributed by atoms with E-state index in [0.717, 1.165) is 5.56 Å². The van der Waals surface area contributed by atoms with Crippen LogP contribution in [0, 0.1) is 6.92 Å². The highest BCUT2D eigenvalue weighted by Gasteiger charge is 2.23. The molecule has 1 atom stereocenters. The van der Waals surface area contributed by atoms with Crippen LogP contribution >= 0.6 is 0 Å². The summed E-state index contributed by atoms with van der Waals surface area (Å²) in [6, 6.07) is 9.94. The number of rotatable bonds is 6. The van der Waals surface area contributed by atoms with Crippen molar-refractivity contribution in [3.05, 3.63) is 59.4 Å². The fraction of sp³-hybridized carbons (Fsp3) is 0.300. The molecule has 0 aliphatic carbocycles. The second-order valence-corrected chi connectivity index (χ2v) is 6.79. The van der Waals surface area contributed by atoms with E-state index in [9.17, 15) is 14.7 Å². The van der Waals surface area contributed by atoms with Gasteiger partial charge in [-0.1, -0.05) is 30.3 Å². The number of hydrogen-bond acceptors (Lipinski definition) is 4. The van der Waals surface area contributed by atoms with Gasteiger partial charge >= 0.3 is 5.97 Å². The predicted molar refractivity (Wildman–Crippen MR) is 102 cm³/mol. The molecule has 140 valence electrons. The minimum Gasteiger partial charge on any atom is -0.480 e. The lowest BCUT2D eigenvalue weighted by molar-refractivity contribution is -0.139. The molecular formula is C20H22N4O3. The molecule has 1 aromatic carbocycles. The number of carboxylic acids is 1. The molecule has 2 aromatic heterocycles. The van der Waals surface area contributed by atoms with Gasteiger partial charge in [-0.05, 0) is 32.4 Å². The molecule has 7 heteroatoms. The minimum absolute atomic E-state index is 0.0950. The van der Waals surface area contributed by atoms with Gasteiger partial charge in [0, 0.05) is 18.2 Å². The first kappa shape index (κ1) is 18.6. The van der Waals surface area contributed by atoms with Crippen LogP contribution in [0.2, 0.25) is 0 Å². The maximum Gasteiger partial charge on any atom is 0.326 e. The van der Waals surface area contributed by atoms with Crippen LogP contribution in [-0.4, -0.2) is 37.8 Å². The third-order valence-electron chi connectivity index (χ3n) is 4.31. The number of nitrogens with zero attached hydrogens (tertiary/aromatic N) is 3. The Morgan fingerprint density at radius 1 is 1.22 bits per heavy atom. The van der Waals surface area contributed by atoms with Crippen molar-refractivity contribution in [3.8, 4) is 0 Å². The molecule has 0 aliphatic rings. The number of amides is 1. The fourth-order valence-electron chi connectivity index (χ4n) is 2.99. The molecule has 0 saturated carbocycles. The van der Waals surface area contributed by atoms with Crippen molar-refractivity contribution in [3.63, 3.8) is 0 Å². The molecule has 0 spiro atoms. The van der Waals surface area contributed by atoms with Gasteiger partial charge in [-0.25, -0.2) is 14.5 Å². The zero-order valence-electron chi connectivity index (χ0n) is 15.5. The number of carbonyl (C=O) groups is 2. The van der Waals surface area contributed by atoms with Crippen molar-refractivity contribution in [1.29, 1.82) is 0 Å². The van der Waals surface area contributed by atoms with Crippen LogP contribution in [0.3, 0.4) is 0 Å². The van der Waals surface area contributed by atoms with Crippen molar-refractivity contribution < 1.29 is 14.7 Å². The molecule has 27 heavy (non-hydrogen) atoms. The summed E-state index contributed by atoms with van der Waals surface area (Å²) < 4.78 is 1.75. The number of aryl methyl sites for hydroxylation is 1. The maximum absolute atomic E-state index is 12.9. The fourth-order valence-corrected chi connectivity index (χ4v) is 2.99. The van der Waals surface area contributed by atoms with E-state index in [4.69, 9.17) is 0 Å². The maximum atomic E-state index is 12.9. The summed E-state index contributed by atoms with van der Waals surface area (Å²) in [6.07, 6.45) is 1.81. The third-order valence-corrected chi connectivity index (χ3v) is 4.31. The van der Waals surface area contributed by atoms with Crippen LogP contribution in [-0.2, 0) is 11.2 Å². The van der Waals surface area contributed by atoms with Gasteiger partial charge in [0.25, 0.3) is 5.91 Å². The zero-order chi connectivity index (χ0) is 19.6. The van der Waals surface area contributed by atoms with Crippen LogP contribution in [0.25, 0.3) is 11.0 Å². The summed E-state index contributed by atoms with van der Waals surface area (Å²) in [6.45, 7) is 5.76. The Morgan fingerprint density at radius 3 is 2.56 bits per heavy atom. The van der Waals surface area contributed by atoms with Crippen LogP contribution < -0.4 is 5.32 Å². The topological polar surface area (TPSA) is 97.1 Å². The highest BCUT2D eigenvalue weighted by molar-refractivity contribution is 6.06. The Hall–Kier alpha value is -3.22. The Labute approximate surface area is 157 Å². The molecule has 0 radical (unpaired) electrons. The molecule has 2 N–H and O–H groups in total. The lowest BCUT2D eigenvalue weighted by Crippen LogP contribution is -2.42. The molecule has 0 saturated heterocycles. The van der Waals surface area contributed by atoms with E-state index in [1.54, 1.807) is 23.9 Å². The van der Waals surface area contributed by atoms with Crippen molar-refractivity contribution >= 4 is 22.9 Å². The van der Waals surface area contributed by atoms with Gasteiger partial charge in [-0.2, -0.15) is 5.10 Å². The number of carbonyl (C=O) groups excluding carboxylic acids is 1. The highest BCUT2D eigenvalue weighted by Crippen LogP contribution is 2.21. The van der Waals surface area contributed by atoms with Gasteiger partial charge in [0.05, 0.1) is 17.1 Å². The van der Waals surface area contributed by atoms with Gasteiger partial charge in [-0.15, -0.1) is 0 Å². The van der Waals surface area contributed by atoms with Crippen molar-refractivity contribution in [2.75, 3.05) is 0 Å². The number of hydrogen-bond donors (Lipinski definition) is 2. The Bertz CT molecular complexity index is 980. The standard InChI is InChI=1S/C20H22N4O3/c1-12(2)24-18-16(11-21-24)15(9-13(3)22-18)19(25)23-17(20(26)27)10-14-7-5-4-6-8-14/h4-9,11-12,17H,10H2,1-3H3,(H,23,25)(H,26,27)/t17-/m0/s1.